The molecule has 3 rings (SSSR count). The van der Waals surface area contributed by atoms with E-state index in [2.05, 4.69) is 49.4 Å². The molecule has 146 valence electrons. The minimum atomic E-state index is 0.269. The smallest absolute Gasteiger partial charge is 0.191 e. The summed E-state index contributed by atoms with van der Waals surface area (Å²) in [5.41, 5.74) is 1.26. The van der Waals surface area contributed by atoms with Crippen molar-refractivity contribution in [1.82, 2.24) is 20.2 Å². The third-order valence-corrected chi connectivity index (χ3v) is 4.49. The average Bonchev–Trinajstić information content (AvgIpc) is 3.37. The largest absolute Gasteiger partial charge is 0.379 e. The Bertz CT molecular complexity index is 695. The molecule has 0 amide bonds. The molecule has 1 saturated heterocycles. The quantitative estimate of drug-likeness (QED) is 0.399. The zero-order valence-electron chi connectivity index (χ0n) is 15.9. The zero-order chi connectivity index (χ0) is 18.7. The van der Waals surface area contributed by atoms with Gasteiger partial charge < -0.3 is 24.7 Å². The molecule has 0 aliphatic carbocycles. The number of guanidine groups is 1. The maximum atomic E-state index is 5.77. The van der Waals surface area contributed by atoms with Crippen molar-refractivity contribution in [3.8, 4) is 0 Å². The van der Waals surface area contributed by atoms with Gasteiger partial charge in [0.05, 0.1) is 19.3 Å². The average molecular weight is 371 g/mol. The fraction of sp³-hybridized carbons (Fsp3) is 0.500. The van der Waals surface area contributed by atoms with Crippen molar-refractivity contribution >= 4 is 5.96 Å². The lowest BCUT2D eigenvalue weighted by Gasteiger charge is -2.14. The molecule has 1 atom stereocenters. The number of imidazole rings is 1. The Morgan fingerprint density at radius 3 is 3.00 bits per heavy atom. The summed E-state index contributed by atoms with van der Waals surface area (Å²) >= 11 is 0. The van der Waals surface area contributed by atoms with Crippen LogP contribution in [0.25, 0.3) is 0 Å². The van der Waals surface area contributed by atoms with Gasteiger partial charge in [0.1, 0.15) is 5.82 Å². The normalized spacial score (nSPS) is 17.2. The monoisotopic (exact) mass is 371 g/mol. The van der Waals surface area contributed by atoms with E-state index in [0.717, 1.165) is 57.5 Å². The van der Waals surface area contributed by atoms with Gasteiger partial charge in [-0.15, -0.1) is 0 Å². The highest BCUT2D eigenvalue weighted by Gasteiger charge is 2.15. The first kappa shape index (κ1) is 19.4. The second kappa shape index (κ2) is 10.7. The van der Waals surface area contributed by atoms with Gasteiger partial charge in [0, 0.05) is 45.7 Å². The maximum Gasteiger partial charge on any atom is 0.191 e. The van der Waals surface area contributed by atoms with Gasteiger partial charge in [-0.1, -0.05) is 30.3 Å². The number of nitrogens with zero attached hydrogens (tertiary/aromatic N) is 3. The van der Waals surface area contributed by atoms with Crippen molar-refractivity contribution in [3.05, 3.63) is 54.1 Å². The Morgan fingerprint density at radius 1 is 1.33 bits per heavy atom. The lowest BCUT2D eigenvalue weighted by Crippen LogP contribution is -2.38. The van der Waals surface area contributed by atoms with E-state index in [1.54, 1.807) is 7.05 Å². The van der Waals surface area contributed by atoms with Crippen LogP contribution in [0.1, 0.15) is 24.2 Å². The number of aliphatic imine (C=N–C) groups is 1. The van der Waals surface area contributed by atoms with Crippen molar-refractivity contribution in [2.75, 3.05) is 33.4 Å². The van der Waals surface area contributed by atoms with E-state index in [-0.39, 0.29) is 6.10 Å². The summed E-state index contributed by atoms with van der Waals surface area (Å²) in [4.78, 5) is 8.73. The minimum absolute atomic E-state index is 0.269. The zero-order valence-corrected chi connectivity index (χ0v) is 15.9. The molecule has 27 heavy (non-hydrogen) atoms. The van der Waals surface area contributed by atoms with E-state index in [0.29, 0.717) is 6.54 Å². The van der Waals surface area contributed by atoms with Crippen LogP contribution in [0.4, 0.5) is 0 Å². The Hall–Kier alpha value is -2.38. The third-order valence-electron chi connectivity index (χ3n) is 4.49. The molecule has 2 heterocycles. The molecule has 0 saturated carbocycles. The molecule has 1 aliphatic rings. The number of aromatic nitrogens is 2. The number of benzene rings is 1. The Labute approximate surface area is 160 Å². The molecular weight excluding hydrogens is 342 g/mol. The van der Waals surface area contributed by atoms with E-state index >= 15 is 0 Å². The number of hydrogen-bond acceptors (Lipinski definition) is 4. The van der Waals surface area contributed by atoms with E-state index in [1.807, 2.05) is 18.5 Å². The first-order valence-electron chi connectivity index (χ1n) is 9.53. The molecule has 0 radical (unpaired) electrons. The predicted octanol–water partition coefficient (Wildman–Crippen LogP) is 1.79. The fourth-order valence-electron chi connectivity index (χ4n) is 2.99. The van der Waals surface area contributed by atoms with Gasteiger partial charge in [-0.2, -0.15) is 0 Å². The van der Waals surface area contributed by atoms with Crippen LogP contribution >= 0.6 is 0 Å². The maximum absolute atomic E-state index is 5.77. The van der Waals surface area contributed by atoms with Gasteiger partial charge in [-0.3, -0.25) is 4.99 Å². The summed E-state index contributed by atoms with van der Waals surface area (Å²) in [5.74, 6) is 1.75. The van der Waals surface area contributed by atoms with Crippen LogP contribution in [-0.4, -0.2) is 55.0 Å². The summed E-state index contributed by atoms with van der Waals surface area (Å²) in [6, 6.07) is 10.4. The van der Waals surface area contributed by atoms with Gasteiger partial charge in [0.25, 0.3) is 0 Å². The number of nitrogens with one attached hydrogen (secondary N) is 2. The van der Waals surface area contributed by atoms with Gasteiger partial charge >= 0.3 is 0 Å². The molecule has 2 aromatic rings. The summed E-state index contributed by atoms with van der Waals surface area (Å²) in [6.07, 6.45) is 6.04. The van der Waals surface area contributed by atoms with E-state index in [4.69, 9.17) is 9.47 Å². The molecule has 7 nitrogen and oxygen atoms in total. The number of hydrogen-bond donors (Lipinski definition) is 2. The van der Waals surface area contributed by atoms with Crippen LogP contribution in [0.3, 0.4) is 0 Å². The predicted molar refractivity (Wildman–Crippen MR) is 106 cm³/mol. The van der Waals surface area contributed by atoms with E-state index < -0.39 is 0 Å². The highest BCUT2D eigenvalue weighted by molar-refractivity contribution is 5.79. The second-order valence-electron chi connectivity index (χ2n) is 6.52. The molecule has 1 aromatic heterocycles. The van der Waals surface area contributed by atoms with E-state index in [9.17, 15) is 0 Å². The molecule has 1 aromatic carbocycles. The molecule has 1 fully saturated rings. The molecule has 1 unspecified atom stereocenters. The van der Waals surface area contributed by atoms with E-state index in [1.165, 1.54) is 5.56 Å². The standard InChI is InChI=1S/C20H29N5O2/c1-21-20(23-9-5-12-27-18-8-13-26-16-18)24-14-19-22-10-11-25(19)15-17-6-3-2-4-7-17/h2-4,6-7,10-11,18H,5,8-9,12-16H2,1H3,(H2,21,23,24). The fourth-order valence-corrected chi connectivity index (χ4v) is 2.99. The molecule has 2 N–H and O–H groups in total. The topological polar surface area (TPSA) is 72.7 Å². The van der Waals surface area contributed by atoms with Crippen LogP contribution in [0, 0.1) is 0 Å². The molecular formula is C20H29N5O2. The Kier molecular flexibility index (Phi) is 7.68. The van der Waals surface area contributed by atoms with Crippen molar-refractivity contribution < 1.29 is 9.47 Å². The number of ether oxygens (including phenoxy) is 2. The third kappa shape index (κ3) is 6.37. The summed E-state index contributed by atoms with van der Waals surface area (Å²) in [5, 5.41) is 6.64. The van der Waals surface area contributed by atoms with Gasteiger partial charge in [0.15, 0.2) is 5.96 Å². The van der Waals surface area contributed by atoms with Crippen LogP contribution in [-0.2, 0) is 22.6 Å². The first-order chi connectivity index (χ1) is 13.3. The summed E-state index contributed by atoms with van der Waals surface area (Å²) in [6.45, 7) is 4.53. The highest BCUT2D eigenvalue weighted by atomic mass is 16.5. The van der Waals surface area contributed by atoms with Crippen molar-refractivity contribution in [1.29, 1.82) is 0 Å². The first-order valence-corrected chi connectivity index (χ1v) is 9.53. The summed E-state index contributed by atoms with van der Waals surface area (Å²) in [7, 11) is 1.78. The van der Waals surface area contributed by atoms with Crippen LogP contribution in [0.2, 0.25) is 0 Å². The Morgan fingerprint density at radius 2 is 2.22 bits per heavy atom. The van der Waals surface area contributed by atoms with Crippen LogP contribution in [0.5, 0.6) is 0 Å². The van der Waals surface area contributed by atoms with Crippen molar-refractivity contribution in [3.63, 3.8) is 0 Å². The second-order valence-corrected chi connectivity index (χ2v) is 6.52. The lowest BCUT2D eigenvalue weighted by atomic mass is 10.2. The van der Waals surface area contributed by atoms with Crippen molar-refractivity contribution in [2.24, 2.45) is 4.99 Å². The minimum Gasteiger partial charge on any atom is -0.379 e. The summed E-state index contributed by atoms with van der Waals surface area (Å²) < 4.78 is 13.2. The number of rotatable bonds is 9. The van der Waals surface area contributed by atoms with Gasteiger partial charge in [-0.05, 0) is 18.4 Å². The van der Waals surface area contributed by atoms with Crippen LogP contribution < -0.4 is 10.6 Å². The lowest BCUT2D eigenvalue weighted by molar-refractivity contribution is 0.0420. The highest BCUT2D eigenvalue weighted by Crippen LogP contribution is 2.08. The SMILES string of the molecule is CN=C(NCCCOC1CCOC1)NCc1nccn1Cc1ccccc1. The molecule has 0 bridgehead atoms. The van der Waals surface area contributed by atoms with Crippen LogP contribution in [0.15, 0.2) is 47.7 Å². The van der Waals surface area contributed by atoms with Gasteiger partial charge in [0.2, 0.25) is 0 Å². The van der Waals surface area contributed by atoms with Crippen molar-refractivity contribution in [2.45, 2.75) is 32.0 Å². The molecule has 0 spiro atoms. The molecule has 1 aliphatic heterocycles. The Balaban J connectivity index is 1.37. The van der Waals surface area contributed by atoms with Gasteiger partial charge in [-0.25, -0.2) is 4.98 Å². The molecule has 7 heteroatoms.